The molecule has 112 heavy (non-hydrogen) atoms. The Labute approximate surface area is 638 Å². The van der Waals surface area contributed by atoms with Gasteiger partial charge in [0.05, 0.1) is 95.6 Å². The molecule has 2 aromatic carbocycles. The highest BCUT2D eigenvalue weighted by molar-refractivity contribution is 5.92. The number of benzene rings is 2. The molecule has 0 aliphatic heterocycles. The van der Waals surface area contributed by atoms with E-state index in [0.29, 0.717) is 131 Å². The van der Waals surface area contributed by atoms with Crippen LogP contribution in [0.15, 0.2) is 96.2 Å². The molecular formula is C74H86N26O12. The first-order chi connectivity index (χ1) is 53.8. The zero-order chi connectivity index (χ0) is 79.4. The summed E-state index contributed by atoms with van der Waals surface area (Å²) in [4.78, 5) is 107. The van der Waals surface area contributed by atoms with Crippen molar-refractivity contribution in [3.63, 3.8) is 0 Å². The standard InChI is InChI=1S/2C21H22N8O3.2C16H21N5O3/c2*1-11(30)21-9-13(21)15(16(31)17(21)32)29-10-24-14-18(25-20(27-28-22)26-19(14)29)23-8-7-12-5-3-2-4-6-12;2*1-4-17-14-10-15(20-8(3)19-14)21(6-18-10)11-9-5-16(9,7(2)22)13(24)12(11)23/h2*2-6,10,13,15-17,31-32H,7-9H2,1H3,(H,23,25,26);2*6,9,11-13,23-24H,4-5H2,1-3H3,(H,17,19,20)/t2*13?,15-,16+,17?,21+;2*9?,11-,12+,13?,16+/m1111/s1. The maximum Gasteiger partial charge on any atom is 0.220 e. The SMILES string of the molecule is CC(=O)[C@@]12CC1[C@@H](n1cnc3c(NCCc4ccccc4)nc(N=[N+]=[N-])nc31)[C@H](O)C2O.CC(=O)[C@@]12CC1[C@@H](n1cnc3c(NCCc4ccccc4)nc(N=[N+]=[N-])nc31)[C@H](O)C2O.CCNc1nc(C)nc2c1ncn2[C@@H]1C2C[C@@]2(C(C)=O)C(O)[C@H]1O.CCNc1nc(C)nc2c1ncn2[C@@H]1C2C[C@@]2(C(C)=O)C(O)[C@H]1O. The van der Waals surface area contributed by atoms with Crippen molar-refractivity contribution in [2.24, 2.45) is 55.6 Å². The van der Waals surface area contributed by atoms with E-state index < -0.39 is 94.7 Å². The van der Waals surface area contributed by atoms with Crippen LogP contribution in [0.5, 0.6) is 0 Å². The molecule has 8 fully saturated rings. The zero-order valence-corrected chi connectivity index (χ0v) is 62.4. The van der Waals surface area contributed by atoms with Crippen molar-refractivity contribution < 1.29 is 60.0 Å². The number of aliphatic hydroxyl groups excluding tert-OH is 8. The molecule has 584 valence electrons. The van der Waals surface area contributed by atoms with Gasteiger partial charge < -0.3 is 80.4 Å². The van der Waals surface area contributed by atoms with Gasteiger partial charge in [-0.2, -0.15) is 0 Å². The minimum atomic E-state index is -1.14. The number of anilines is 4. The summed E-state index contributed by atoms with van der Waals surface area (Å²) in [6, 6.07) is 18.0. The largest absolute Gasteiger partial charge is 0.389 e. The highest BCUT2D eigenvalue weighted by Gasteiger charge is 2.77. The number of aliphatic hydroxyl groups is 8. The van der Waals surface area contributed by atoms with Crippen LogP contribution in [0.1, 0.15) is 114 Å². The van der Waals surface area contributed by atoms with E-state index in [0.717, 1.165) is 24.0 Å². The van der Waals surface area contributed by atoms with Crippen LogP contribution in [-0.4, -0.2) is 217 Å². The van der Waals surface area contributed by atoms with Crippen LogP contribution in [0.25, 0.3) is 65.5 Å². The second-order valence-electron chi connectivity index (χ2n) is 30.4. The average Bonchev–Trinajstić information content (AvgIpc) is 1.53. The van der Waals surface area contributed by atoms with Gasteiger partial charge in [0.25, 0.3) is 0 Å². The Morgan fingerprint density at radius 3 is 0.938 bits per heavy atom. The van der Waals surface area contributed by atoms with Gasteiger partial charge in [-0.25, -0.2) is 59.8 Å². The number of aromatic nitrogens is 16. The number of carbonyl (C=O) groups excluding carboxylic acids is 4. The van der Waals surface area contributed by atoms with Crippen LogP contribution in [0.3, 0.4) is 0 Å². The van der Waals surface area contributed by atoms with Crippen LogP contribution in [-0.2, 0) is 32.0 Å². The fraction of sp³-hybridized carbons (Fsp3) is 0.514. The molecule has 8 heterocycles. The molecule has 0 spiro atoms. The Morgan fingerprint density at radius 1 is 0.420 bits per heavy atom. The third-order valence-corrected chi connectivity index (χ3v) is 24.5. The van der Waals surface area contributed by atoms with Gasteiger partial charge >= 0.3 is 0 Å². The number of imidazole rings is 4. The van der Waals surface area contributed by atoms with E-state index >= 15 is 0 Å². The normalized spacial score (nSPS) is 30.9. The molecule has 10 aromatic rings. The second kappa shape index (κ2) is 29.2. The fourth-order valence-corrected chi connectivity index (χ4v) is 18.8. The molecule has 0 saturated heterocycles. The number of hydrogen-bond donors (Lipinski definition) is 12. The van der Waals surface area contributed by atoms with Crippen LogP contribution in [0, 0.1) is 59.2 Å². The van der Waals surface area contributed by atoms with E-state index in [1.54, 1.807) is 44.8 Å². The number of carbonyl (C=O) groups is 4. The van der Waals surface area contributed by atoms with Gasteiger partial charge in [0, 0.05) is 36.0 Å². The number of ketones is 4. The summed E-state index contributed by atoms with van der Waals surface area (Å²) in [5, 5.41) is 104. The zero-order valence-electron chi connectivity index (χ0n) is 62.4. The molecule has 38 nitrogen and oxygen atoms in total. The lowest BCUT2D eigenvalue weighted by Gasteiger charge is -2.23. The van der Waals surface area contributed by atoms with E-state index in [9.17, 15) is 60.0 Å². The highest BCUT2D eigenvalue weighted by atomic mass is 16.4. The lowest BCUT2D eigenvalue weighted by molar-refractivity contribution is -0.128. The van der Waals surface area contributed by atoms with E-state index in [1.165, 1.54) is 40.3 Å². The van der Waals surface area contributed by atoms with E-state index in [-0.39, 0.29) is 58.7 Å². The van der Waals surface area contributed by atoms with E-state index in [2.05, 4.69) is 101 Å². The van der Waals surface area contributed by atoms with Crippen LogP contribution < -0.4 is 21.3 Å². The Balaban J connectivity index is 0.000000119. The number of aryl methyl sites for hydroxylation is 2. The van der Waals surface area contributed by atoms with Gasteiger partial charge in [-0.15, -0.1) is 0 Å². The molecule has 0 radical (unpaired) electrons. The maximum absolute atomic E-state index is 12.2. The number of rotatable bonds is 22. The number of nitrogens with one attached hydrogen (secondary N) is 4. The molecule has 0 amide bonds. The summed E-state index contributed by atoms with van der Waals surface area (Å²) < 4.78 is 6.90. The number of Topliss-reactive ketones (excluding diaryl/α,β-unsaturated/α-hetero) is 4. The molecule has 0 bridgehead atoms. The van der Waals surface area contributed by atoms with Crippen LogP contribution >= 0.6 is 0 Å². The fourth-order valence-electron chi connectivity index (χ4n) is 18.8. The Kier molecular flexibility index (Phi) is 19.8. The number of azide groups is 2. The third kappa shape index (κ3) is 12.3. The quantitative estimate of drug-likeness (QED) is 0.0227. The number of hydrogen-bond acceptors (Lipinski definition) is 30. The van der Waals surface area contributed by atoms with Crippen LogP contribution in [0.2, 0.25) is 0 Å². The van der Waals surface area contributed by atoms with Gasteiger partial charge in [0.15, 0.2) is 45.9 Å². The lowest BCUT2D eigenvalue weighted by atomic mass is 9.95. The van der Waals surface area contributed by atoms with Crippen molar-refractivity contribution in [1.82, 2.24) is 78.1 Å². The third-order valence-electron chi connectivity index (χ3n) is 24.5. The first-order valence-electron chi connectivity index (χ1n) is 37.3. The van der Waals surface area contributed by atoms with Crippen molar-refractivity contribution in [3.8, 4) is 0 Å². The average molecular weight is 1530 g/mol. The van der Waals surface area contributed by atoms with E-state index in [1.807, 2.05) is 74.5 Å². The number of fused-ring (bicyclic) bond motifs is 8. The summed E-state index contributed by atoms with van der Waals surface area (Å²) >= 11 is 0. The molecule has 20 atom stereocenters. The smallest absolute Gasteiger partial charge is 0.220 e. The van der Waals surface area contributed by atoms with Crippen molar-refractivity contribution in [1.29, 1.82) is 0 Å². The summed E-state index contributed by atoms with van der Waals surface area (Å²) in [5.74, 6) is 2.18. The summed E-state index contributed by atoms with van der Waals surface area (Å²) in [6.07, 6.45) is 1.31. The molecule has 8 aromatic heterocycles. The highest BCUT2D eigenvalue weighted by Crippen LogP contribution is 2.71. The van der Waals surface area contributed by atoms with Crippen molar-refractivity contribution in [3.05, 3.63) is 130 Å². The van der Waals surface area contributed by atoms with Gasteiger partial charge in [-0.1, -0.05) is 60.7 Å². The predicted molar refractivity (Wildman–Crippen MR) is 403 cm³/mol. The van der Waals surface area contributed by atoms with Gasteiger partial charge in [0.1, 0.15) is 81.3 Å². The first-order valence-corrected chi connectivity index (χ1v) is 37.3. The van der Waals surface area contributed by atoms with Crippen molar-refractivity contribution in [2.75, 3.05) is 47.4 Å². The minimum Gasteiger partial charge on any atom is -0.389 e. The van der Waals surface area contributed by atoms with Crippen molar-refractivity contribution >= 4 is 103 Å². The van der Waals surface area contributed by atoms with Crippen LogP contribution in [0.4, 0.5) is 35.2 Å². The molecule has 8 aliphatic carbocycles. The lowest BCUT2D eigenvalue weighted by Crippen LogP contribution is -2.36. The molecule has 12 N–H and O–H groups in total. The van der Waals surface area contributed by atoms with Gasteiger partial charge in [0.2, 0.25) is 11.9 Å². The minimum absolute atomic E-state index is 0.0647. The second-order valence-corrected chi connectivity index (χ2v) is 30.4. The Hall–Kier alpha value is -11.2. The molecule has 8 unspecified atom stereocenters. The topological polar surface area (TPSA) is 550 Å². The summed E-state index contributed by atoms with van der Waals surface area (Å²) in [7, 11) is 0. The van der Waals surface area contributed by atoms with Gasteiger partial charge in [-0.05, 0) is 150 Å². The summed E-state index contributed by atoms with van der Waals surface area (Å²) in [6.45, 7) is 16.0. The maximum atomic E-state index is 12.2. The first kappa shape index (κ1) is 76.2. The predicted octanol–water partition coefficient (Wildman–Crippen LogP) is 5.47. The Bertz CT molecular complexity index is 5130. The number of nitrogens with zero attached hydrogens (tertiary/aromatic N) is 22. The van der Waals surface area contributed by atoms with Crippen molar-refractivity contribution in [2.45, 2.75) is 167 Å². The molecule has 18 rings (SSSR count). The molecule has 38 heteroatoms. The molecular weight excluding hydrogens is 1440 g/mol. The molecule has 8 saturated carbocycles. The molecule has 8 aliphatic rings. The Morgan fingerprint density at radius 2 is 0.688 bits per heavy atom. The summed E-state index contributed by atoms with van der Waals surface area (Å²) in [5.41, 5.74) is 20.8. The monoisotopic (exact) mass is 1530 g/mol. The van der Waals surface area contributed by atoms with Gasteiger partial charge in [-0.3, -0.25) is 19.2 Å². The van der Waals surface area contributed by atoms with E-state index in [4.69, 9.17) is 11.1 Å².